The first-order chi connectivity index (χ1) is 12.4. The van der Waals surface area contributed by atoms with E-state index >= 15 is 0 Å². The van der Waals surface area contributed by atoms with E-state index in [1.54, 1.807) is 12.2 Å². The normalized spacial score (nSPS) is 10.9. The van der Waals surface area contributed by atoms with Crippen LogP contribution in [-0.2, 0) is 6.42 Å². The quantitative estimate of drug-likeness (QED) is 0.502. The van der Waals surface area contributed by atoms with E-state index in [-0.39, 0.29) is 27.6 Å². The SMILES string of the molecule is C=C(C)CCc1c(O)c(C(=O)O)c(/C=C/c2ccccc2)c(Cl)c1OC. The van der Waals surface area contributed by atoms with E-state index in [9.17, 15) is 15.0 Å². The molecule has 5 heteroatoms. The van der Waals surface area contributed by atoms with E-state index in [2.05, 4.69) is 6.58 Å². The number of carboxylic acids is 1. The zero-order valence-corrected chi connectivity index (χ0v) is 15.5. The largest absolute Gasteiger partial charge is 0.507 e. The maximum Gasteiger partial charge on any atom is 0.340 e. The molecule has 4 nitrogen and oxygen atoms in total. The van der Waals surface area contributed by atoms with Gasteiger partial charge in [-0.2, -0.15) is 0 Å². The molecule has 0 bridgehead atoms. The van der Waals surface area contributed by atoms with E-state index in [1.165, 1.54) is 7.11 Å². The summed E-state index contributed by atoms with van der Waals surface area (Å²) in [6.07, 6.45) is 4.28. The molecule has 2 rings (SSSR count). The molecule has 0 unspecified atom stereocenters. The second-order valence-electron chi connectivity index (χ2n) is 5.97. The summed E-state index contributed by atoms with van der Waals surface area (Å²) in [6, 6.07) is 9.39. The van der Waals surface area contributed by atoms with Crippen molar-refractivity contribution < 1.29 is 19.7 Å². The minimum Gasteiger partial charge on any atom is -0.507 e. The van der Waals surface area contributed by atoms with Crippen LogP contribution < -0.4 is 4.74 Å². The fourth-order valence-electron chi connectivity index (χ4n) is 2.65. The fraction of sp³-hybridized carbons (Fsp3) is 0.190. The molecular formula is C21H21ClO4. The van der Waals surface area contributed by atoms with E-state index in [1.807, 2.05) is 37.3 Å². The van der Waals surface area contributed by atoms with Crippen molar-refractivity contribution in [3.8, 4) is 11.5 Å². The molecule has 0 radical (unpaired) electrons. The van der Waals surface area contributed by atoms with Crippen molar-refractivity contribution in [2.24, 2.45) is 0 Å². The third-order valence-electron chi connectivity index (χ3n) is 3.96. The topological polar surface area (TPSA) is 66.8 Å². The number of methoxy groups -OCH3 is 1. The van der Waals surface area contributed by atoms with Crippen molar-refractivity contribution in [3.05, 3.63) is 69.8 Å². The summed E-state index contributed by atoms with van der Waals surface area (Å²) in [5.74, 6) is -1.30. The van der Waals surface area contributed by atoms with Gasteiger partial charge >= 0.3 is 5.97 Å². The van der Waals surface area contributed by atoms with Gasteiger partial charge in [-0.25, -0.2) is 4.79 Å². The van der Waals surface area contributed by atoms with Crippen molar-refractivity contribution >= 4 is 29.7 Å². The smallest absolute Gasteiger partial charge is 0.340 e. The van der Waals surface area contributed by atoms with E-state index in [0.717, 1.165) is 11.1 Å². The first-order valence-corrected chi connectivity index (χ1v) is 8.46. The third-order valence-corrected chi connectivity index (χ3v) is 4.34. The molecule has 0 aliphatic heterocycles. The van der Waals surface area contributed by atoms with Gasteiger partial charge in [-0.3, -0.25) is 0 Å². The van der Waals surface area contributed by atoms with Crippen LogP contribution in [0.5, 0.6) is 11.5 Å². The number of phenols is 1. The first kappa shape index (κ1) is 19.6. The molecule has 0 amide bonds. The molecule has 0 fully saturated rings. The number of ether oxygens (including phenoxy) is 1. The Kier molecular flexibility index (Phi) is 6.47. The molecule has 0 aromatic heterocycles. The number of carboxylic acid groups (broad SMARTS) is 1. The van der Waals surface area contributed by atoms with Gasteiger partial charge in [-0.1, -0.05) is 59.7 Å². The van der Waals surface area contributed by atoms with Gasteiger partial charge in [0.05, 0.1) is 12.1 Å². The Balaban J connectivity index is 2.63. The average molecular weight is 373 g/mol. The minimum atomic E-state index is -1.25. The lowest BCUT2D eigenvalue weighted by Crippen LogP contribution is -2.06. The molecule has 0 saturated carbocycles. The van der Waals surface area contributed by atoms with Crippen LogP contribution in [0.3, 0.4) is 0 Å². The van der Waals surface area contributed by atoms with Crippen molar-refractivity contribution in [1.82, 2.24) is 0 Å². The Morgan fingerprint density at radius 1 is 1.27 bits per heavy atom. The zero-order chi connectivity index (χ0) is 19.3. The van der Waals surface area contributed by atoms with Gasteiger partial charge in [0.1, 0.15) is 17.1 Å². The lowest BCUT2D eigenvalue weighted by Gasteiger charge is -2.17. The van der Waals surface area contributed by atoms with Crippen LogP contribution in [0.1, 0.15) is 40.4 Å². The molecule has 2 aromatic carbocycles. The second kappa shape index (κ2) is 8.59. The highest BCUT2D eigenvalue weighted by Gasteiger charge is 2.26. The van der Waals surface area contributed by atoms with Crippen molar-refractivity contribution in [1.29, 1.82) is 0 Å². The van der Waals surface area contributed by atoms with Gasteiger partial charge in [-0.15, -0.1) is 6.58 Å². The van der Waals surface area contributed by atoms with Crippen molar-refractivity contribution in [2.45, 2.75) is 19.8 Å². The number of benzene rings is 2. The van der Waals surface area contributed by atoms with Crippen molar-refractivity contribution in [2.75, 3.05) is 7.11 Å². The molecule has 26 heavy (non-hydrogen) atoms. The van der Waals surface area contributed by atoms with Crippen LogP contribution >= 0.6 is 11.6 Å². The summed E-state index contributed by atoms with van der Waals surface area (Å²) < 4.78 is 5.37. The summed E-state index contributed by atoms with van der Waals surface area (Å²) in [6.45, 7) is 5.69. The van der Waals surface area contributed by atoms with Crippen molar-refractivity contribution in [3.63, 3.8) is 0 Å². The maximum absolute atomic E-state index is 11.8. The number of allylic oxidation sites excluding steroid dienone is 1. The van der Waals surface area contributed by atoms with Crippen LogP contribution in [0.25, 0.3) is 12.2 Å². The predicted octanol–water partition coefficient (Wildman–Crippen LogP) is 5.43. The molecule has 0 atom stereocenters. The minimum absolute atomic E-state index is 0.159. The molecule has 2 N–H and O–H groups in total. The molecular weight excluding hydrogens is 352 g/mol. The van der Waals surface area contributed by atoms with Crippen LogP contribution in [0.4, 0.5) is 0 Å². The number of hydrogen-bond acceptors (Lipinski definition) is 3. The first-order valence-electron chi connectivity index (χ1n) is 8.08. The maximum atomic E-state index is 11.8. The molecule has 0 aliphatic carbocycles. The van der Waals surface area contributed by atoms with E-state index < -0.39 is 5.97 Å². The summed E-state index contributed by atoms with van der Waals surface area (Å²) >= 11 is 6.44. The Hall–Kier alpha value is -2.72. The summed E-state index contributed by atoms with van der Waals surface area (Å²) in [4.78, 5) is 11.8. The van der Waals surface area contributed by atoms with Gasteiger partial charge in [0.2, 0.25) is 0 Å². The number of halogens is 1. The highest BCUT2D eigenvalue weighted by Crippen LogP contribution is 2.43. The monoisotopic (exact) mass is 372 g/mol. The molecule has 2 aromatic rings. The Morgan fingerprint density at radius 2 is 1.92 bits per heavy atom. The van der Waals surface area contributed by atoms with Gasteiger partial charge in [-0.05, 0) is 25.3 Å². The van der Waals surface area contributed by atoms with Gasteiger partial charge in [0.15, 0.2) is 0 Å². The highest BCUT2D eigenvalue weighted by atomic mass is 35.5. The Bertz CT molecular complexity index is 854. The molecule has 136 valence electrons. The molecule has 0 spiro atoms. The average Bonchev–Trinajstić information content (AvgIpc) is 2.60. The van der Waals surface area contributed by atoms with Crippen LogP contribution in [0.15, 0.2) is 42.5 Å². The van der Waals surface area contributed by atoms with Gasteiger partial charge in [0.25, 0.3) is 0 Å². The van der Waals surface area contributed by atoms with Crippen LogP contribution in [-0.4, -0.2) is 23.3 Å². The summed E-state index contributed by atoms with van der Waals surface area (Å²) in [5, 5.41) is 20.4. The lowest BCUT2D eigenvalue weighted by atomic mass is 9.96. The third kappa shape index (κ3) is 4.27. The van der Waals surface area contributed by atoms with E-state index in [0.29, 0.717) is 18.4 Å². The summed E-state index contributed by atoms with van der Waals surface area (Å²) in [7, 11) is 1.44. The Morgan fingerprint density at radius 3 is 2.46 bits per heavy atom. The fourth-order valence-corrected chi connectivity index (χ4v) is 3.00. The van der Waals surface area contributed by atoms with Crippen LogP contribution in [0.2, 0.25) is 5.02 Å². The van der Waals surface area contributed by atoms with Gasteiger partial charge < -0.3 is 14.9 Å². The zero-order valence-electron chi connectivity index (χ0n) is 14.8. The van der Waals surface area contributed by atoms with Crippen LogP contribution in [0, 0.1) is 0 Å². The summed E-state index contributed by atoms with van der Waals surface area (Å²) in [5.41, 5.74) is 2.13. The van der Waals surface area contributed by atoms with E-state index in [4.69, 9.17) is 16.3 Å². The number of carbonyl (C=O) groups is 1. The highest BCUT2D eigenvalue weighted by molar-refractivity contribution is 6.34. The standard InChI is InChI=1S/C21H21ClO4/c1-13(2)9-11-16-19(23)17(21(24)25)15(18(22)20(16)26-3)12-10-14-7-5-4-6-8-14/h4-8,10,12,23H,1,9,11H2,2-3H3,(H,24,25)/b12-10+. The molecule has 0 saturated heterocycles. The molecule has 0 aliphatic rings. The predicted molar refractivity (Wildman–Crippen MR) is 105 cm³/mol. The van der Waals surface area contributed by atoms with Gasteiger partial charge in [0, 0.05) is 11.1 Å². The molecule has 0 heterocycles. The number of aromatic carboxylic acids is 1. The number of hydrogen-bond donors (Lipinski definition) is 2. The Labute approximate surface area is 158 Å². The number of rotatable bonds is 7. The lowest BCUT2D eigenvalue weighted by molar-refractivity contribution is 0.0693. The number of aromatic hydroxyl groups is 1. The second-order valence-corrected chi connectivity index (χ2v) is 6.35.